The Balaban J connectivity index is 1.80. The van der Waals surface area contributed by atoms with Gasteiger partial charge in [-0.2, -0.15) is 0 Å². The lowest BCUT2D eigenvalue weighted by molar-refractivity contribution is -0.146. The lowest BCUT2D eigenvalue weighted by Crippen LogP contribution is -2.59. The van der Waals surface area contributed by atoms with Crippen LogP contribution in [0.25, 0.3) is 0 Å². The summed E-state index contributed by atoms with van der Waals surface area (Å²) >= 11 is 0. The van der Waals surface area contributed by atoms with Gasteiger partial charge >= 0.3 is 0 Å². The number of carbonyl (C=O) groups is 2. The van der Waals surface area contributed by atoms with Crippen molar-refractivity contribution in [1.82, 2.24) is 0 Å². The molecule has 3 aromatic carbocycles. The van der Waals surface area contributed by atoms with Gasteiger partial charge in [0, 0.05) is 18.2 Å². The van der Waals surface area contributed by atoms with E-state index in [1.165, 1.54) is 28.0 Å². The second-order valence-electron chi connectivity index (χ2n) is 7.06. The standard InChI is InChI=1S/C23H17FN2O3/c1-25-20-13-7-4-10-17(20)23(22(25)28)26(19-12-6-2-8-15(19)14-29-23)21(27)16-9-3-5-11-18(16)24/h2-13H,14H2,1H3/t23-/m0/s1. The number of likely N-dealkylation sites (N-methyl/N-ethyl adjacent to an activating group) is 1. The van der Waals surface area contributed by atoms with Crippen molar-refractivity contribution in [3.05, 3.63) is 95.3 Å². The molecule has 1 atom stereocenters. The van der Waals surface area contributed by atoms with Crippen molar-refractivity contribution in [1.29, 1.82) is 0 Å². The summed E-state index contributed by atoms with van der Waals surface area (Å²) in [5, 5.41) is 0. The number of nitrogens with zero attached hydrogens (tertiary/aromatic N) is 2. The summed E-state index contributed by atoms with van der Waals surface area (Å²) in [6.45, 7) is 0.158. The third-order valence-corrected chi connectivity index (χ3v) is 5.52. The van der Waals surface area contributed by atoms with Crippen LogP contribution in [0.15, 0.2) is 72.8 Å². The minimum Gasteiger partial charge on any atom is -0.338 e. The van der Waals surface area contributed by atoms with Crippen molar-refractivity contribution in [2.45, 2.75) is 12.3 Å². The van der Waals surface area contributed by atoms with Gasteiger partial charge < -0.3 is 9.64 Å². The first-order valence-electron chi connectivity index (χ1n) is 9.24. The van der Waals surface area contributed by atoms with E-state index in [0.717, 1.165) is 5.56 Å². The molecule has 5 rings (SSSR count). The molecular weight excluding hydrogens is 371 g/mol. The molecule has 0 radical (unpaired) electrons. The molecule has 0 unspecified atom stereocenters. The molecule has 0 aliphatic carbocycles. The Morgan fingerprint density at radius 3 is 2.41 bits per heavy atom. The number of para-hydroxylation sites is 2. The van der Waals surface area contributed by atoms with Gasteiger partial charge in [0.25, 0.3) is 17.5 Å². The highest BCUT2D eigenvalue weighted by Crippen LogP contribution is 2.50. The zero-order chi connectivity index (χ0) is 20.2. The summed E-state index contributed by atoms with van der Waals surface area (Å²) in [4.78, 5) is 29.9. The Hall–Kier alpha value is -3.51. The molecule has 29 heavy (non-hydrogen) atoms. The lowest BCUT2D eigenvalue weighted by atomic mass is 9.96. The lowest BCUT2D eigenvalue weighted by Gasteiger charge is -2.43. The van der Waals surface area contributed by atoms with Crippen LogP contribution in [0, 0.1) is 5.82 Å². The summed E-state index contributed by atoms with van der Waals surface area (Å²) in [6.07, 6.45) is 0. The van der Waals surface area contributed by atoms with Crippen molar-refractivity contribution in [2.24, 2.45) is 0 Å². The van der Waals surface area contributed by atoms with Gasteiger partial charge in [0.15, 0.2) is 0 Å². The first-order chi connectivity index (χ1) is 14.1. The van der Waals surface area contributed by atoms with E-state index in [1.807, 2.05) is 18.2 Å². The summed E-state index contributed by atoms with van der Waals surface area (Å²) < 4.78 is 20.7. The summed E-state index contributed by atoms with van der Waals surface area (Å²) in [6, 6.07) is 20.2. The van der Waals surface area contributed by atoms with Crippen LogP contribution in [-0.4, -0.2) is 18.9 Å². The van der Waals surface area contributed by atoms with Crippen LogP contribution in [-0.2, 0) is 21.9 Å². The van der Waals surface area contributed by atoms with Crippen LogP contribution in [0.5, 0.6) is 0 Å². The van der Waals surface area contributed by atoms with Gasteiger partial charge in [-0.05, 0) is 24.3 Å². The molecule has 0 N–H and O–H groups in total. The zero-order valence-electron chi connectivity index (χ0n) is 15.6. The van der Waals surface area contributed by atoms with Gasteiger partial charge in [-0.1, -0.05) is 48.5 Å². The van der Waals surface area contributed by atoms with Crippen molar-refractivity contribution >= 4 is 23.2 Å². The molecule has 0 saturated carbocycles. The van der Waals surface area contributed by atoms with Gasteiger partial charge in [0.1, 0.15) is 5.82 Å². The molecule has 0 aromatic heterocycles. The molecule has 144 valence electrons. The molecule has 6 heteroatoms. The third kappa shape index (κ3) is 2.29. The molecule has 0 fully saturated rings. The van der Waals surface area contributed by atoms with Crippen molar-refractivity contribution < 1.29 is 18.7 Å². The van der Waals surface area contributed by atoms with Crippen molar-refractivity contribution in [2.75, 3.05) is 16.8 Å². The Morgan fingerprint density at radius 2 is 1.62 bits per heavy atom. The van der Waals surface area contributed by atoms with E-state index in [0.29, 0.717) is 16.9 Å². The number of rotatable bonds is 1. The molecule has 2 amide bonds. The number of halogens is 1. The second-order valence-corrected chi connectivity index (χ2v) is 7.06. The van der Waals surface area contributed by atoms with Gasteiger partial charge in [-0.25, -0.2) is 4.39 Å². The van der Waals surface area contributed by atoms with Crippen molar-refractivity contribution in [3.63, 3.8) is 0 Å². The average Bonchev–Trinajstić information content (AvgIpc) is 2.96. The number of amides is 2. The first kappa shape index (κ1) is 17.6. The fraction of sp³-hybridized carbons (Fsp3) is 0.130. The Kier molecular flexibility index (Phi) is 3.79. The maximum Gasteiger partial charge on any atom is 0.285 e. The van der Waals surface area contributed by atoms with Gasteiger partial charge in [-0.15, -0.1) is 0 Å². The number of fused-ring (bicyclic) bond motifs is 3. The zero-order valence-corrected chi connectivity index (χ0v) is 15.6. The van der Waals surface area contributed by atoms with E-state index < -0.39 is 23.4 Å². The van der Waals surface area contributed by atoms with Crippen molar-refractivity contribution in [3.8, 4) is 0 Å². The number of anilines is 2. The Morgan fingerprint density at radius 1 is 0.966 bits per heavy atom. The number of ether oxygens (including phenoxy) is 1. The van der Waals surface area contributed by atoms with Crippen LogP contribution in [0.4, 0.5) is 15.8 Å². The molecule has 2 heterocycles. The van der Waals surface area contributed by atoms with Crippen LogP contribution < -0.4 is 9.80 Å². The fourth-order valence-electron chi connectivity index (χ4n) is 4.14. The Labute approximate surface area is 166 Å². The normalized spacial score (nSPS) is 20.0. The highest BCUT2D eigenvalue weighted by atomic mass is 19.1. The molecule has 5 nitrogen and oxygen atoms in total. The quantitative estimate of drug-likeness (QED) is 0.637. The van der Waals surface area contributed by atoms with E-state index in [2.05, 4.69) is 0 Å². The van der Waals surface area contributed by atoms with Gasteiger partial charge in [-0.3, -0.25) is 14.5 Å². The molecule has 0 saturated heterocycles. The van der Waals surface area contributed by atoms with E-state index >= 15 is 0 Å². The Bertz CT molecular complexity index is 1160. The van der Waals surface area contributed by atoms with Crippen LogP contribution in [0.2, 0.25) is 0 Å². The smallest absolute Gasteiger partial charge is 0.285 e. The van der Waals surface area contributed by atoms with Gasteiger partial charge in [0.2, 0.25) is 0 Å². The molecule has 2 aliphatic rings. The third-order valence-electron chi connectivity index (χ3n) is 5.52. The summed E-state index contributed by atoms with van der Waals surface area (Å²) in [7, 11) is 1.64. The summed E-state index contributed by atoms with van der Waals surface area (Å²) in [5.74, 6) is -1.67. The molecule has 3 aromatic rings. The maximum absolute atomic E-state index is 14.5. The van der Waals surface area contributed by atoms with Crippen LogP contribution >= 0.6 is 0 Å². The molecule has 0 bridgehead atoms. The fourth-order valence-corrected chi connectivity index (χ4v) is 4.14. The minimum absolute atomic E-state index is 0.119. The molecular formula is C23H17FN2O3. The number of benzene rings is 3. The molecule has 2 aliphatic heterocycles. The van der Waals surface area contributed by atoms with E-state index in [9.17, 15) is 14.0 Å². The topological polar surface area (TPSA) is 49.9 Å². The van der Waals surface area contributed by atoms with E-state index in [4.69, 9.17) is 4.74 Å². The predicted octanol–water partition coefficient (Wildman–Crippen LogP) is 3.83. The van der Waals surface area contributed by atoms with Gasteiger partial charge in [0.05, 0.1) is 23.5 Å². The van der Waals surface area contributed by atoms with Crippen LogP contribution in [0.3, 0.4) is 0 Å². The predicted molar refractivity (Wildman–Crippen MR) is 106 cm³/mol. The monoisotopic (exact) mass is 388 g/mol. The molecule has 1 spiro atoms. The average molecular weight is 388 g/mol. The second kappa shape index (κ2) is 6.25. The SMILES string of the molecule is CN1C(=O)[C@@]2(OCc3ccccc3N2C(=O)c2ccccc2F)c2ccccc21. The van der Waals surface area contributed by atoms with E-state index in [1.54, 1.807) is 43.4 Å². The number of carbonyl (C=O) groups excluding carboxylic acids is 2. The number of hydrogen-bond acceptors (Lipinski definition) is 3. The highest BCUT2D eigenvalue weighted by molar-refractivity contribution is 6.17. The highest BCUT2D eigenvalue weighted by Gasteiger charge is 2.59. The van der Waals surface area contributed by atoms with E-state index in [-0.39, 0.29) is 12.2 Å². The first-order valence-corrected chi connectivity index (χ1v) is 9.24. The maximum atomic E-state index is 14.5. The number of hydrogen-bond donors (Lipinski definition) is 0. The largest absolute Gasteiger partial charge is 0.338 e. The van der Waals surface area contributed by atoms with Crippen LogP contribution in [0.1, 0.15) is 21.5 Å². The summed E-state index contributed by atoms with van der Waals surface area (Å²) in [5.41, 5.74) is 0.703. The minimum atomic E-state index is -1.68.